The fourth-order valence-corrected chi connectivity index (χ4v) is 5.90. The second-order valence-electron chi connectivity index (χ2n) is 8.99. The Kier molecular flexibility index (Phi) is 3.44. The molecule has 1 unspecified atom stereocenters. The second-order valence-corrected chi connectivity index (χ2v) is 8.99. The molecule has 21 heavy (non-hydrogen) atoms. The Morgan fingerprint density at radius 2 is 1.86 bits per heavy atom. The molecule has 0 heterocycles. The van der Waals surface area contributed by atoms with Crippen LogP contribution >= 0.6 is 0 Å². The van der Waals surface area contributed by atoms with Crippen molar-refractivity contribution >= 4 is 0 Å². The Hall–Kier alpha value is -0.560. The van der Waals surface area contributed by atoms with E-state index in [1.54, 1.807) is 5.57 Å². The molecule has 118 valence electrons. The van der Waals surface area contributed by atoms with Crippen LogP contribution in [-0.4, -0.2) is 11.2 Å². The molecule has 3 aliphatic rings. The predicted molar refractivity (Wildman–Crippen MR) is 89.0 cm³/mol. The quantitative estimate of drug-likeness (QED) is 0.665. The van der Waals surface area contributed by atoms with E-state index in [0.29, 0.717) is 11.3 Å². The van der Waals surface area contributed by atoms with E-state index in [0.717, 1.165) is 12.3 Å². The van der Waals surface area contributed by atoms with Crippen molar-refractivity contribution in [1.82, 2.24) is 0 Å². The minimum atomic E-state index is -0.122. The lowest BCUT2D eigenvalue weighted by molar-refractivity contribution is -0.127. The molecule has 1 heteroatoms. The van der Waals surface area contributed by atoms with Gasteiger partial charge in [-0.2, -0.15) is 0 Å². The maximum atomic E-state index is 10.5. The maximum absolute atomic E-state index is 10.5. The van der Waals surface area contributed by atoms with Crippen LogP contribution in [0.25, 0.3) is 0 Å². The molecule has 0 aromatic rings. The van der Waals surface area contributed by atoms with Crippen LogP contribution in [0.2, 0.25) is 0 Å². The molecule has 5 atom stereocenters. The standard InChI is InChI=1S/C20H32O/c1-6-19(4)11-9-15-14(13-19)7-8-16-18(2,3)17(21)10-12-20(15,16)5/h6,13,15-17,21H,1,7-12H2,2-5H3/t15-,16-,17?,19+,20+/m0/s1. The molecular weight excluding hydrogens is 256 g/mol. The van der Waals surface area contributed by atoms with Gasteiger partial charge >= 0.3 is 0 Å². The monoisotopic (exact) mass is 288 g/mol. The zero-order chi connectivity index (χ0) is 15.5. The summed E-state index contributed by atoms with van der Waals surface area (Å²) in [6, 6.07) is 0. The van der Waals surface area contributed by atoms with Crippen LogP contribution in [-0.2, 0) is 0 Å². The summed E-state index contributed by atoms with van der Waals surface area (Å²) in [5, 5.41) is 10.5. The van der Waals surface area contributed by atoms with Gasteiger partial charge in [0, 0.05) is 5.41 Å². The second kappa shape index (κ2) is 4.72. The molecule has 0 saturated heterocycles. The molecule has 0 aromatic carbocycles. The number of aliphatic hydroxyl groups excluding tert-OH is 1. The van der Waals surface area contributed by atoms with E-state index in [1.807, 2.05) is 0 Å². The topological polar surface area (TPSA) is 20.2 Å². The van der Waals surface area contributed by atoms with Crippen LogP contribution in [0.5, 0.6) is 0 Å². The first-order chi connectivity index (χ1) is 9.73. The van der Waals surface area contributed by atoms with Crippen molar-refractivity contribution in [3.05, 3.63) is 24.3 Å². The van der Waals surface area contributed by atoms with Crippen molar-refractivity contribution in [3.8, 4) is 0 Å². The van der Waals surface area contributed by atoms with Gasteiger partial charge in [0.05, 0.1) is 6.10 Å². The van der Waals surface area contributed by atoms with Gasteiger partial charge in [-0.1, -0.05) is 45.4 Å². The first-order valence-electron chi connectivity index (χ1n) is 8.76. The number of rotatable bonds is 1. The third-order valence-corrected chi connectivity index (χ3v) is 7.43. The average molecular weight is 288 g/mol. The third kappa shape index (κ3) is 2.15. The molecule has 0 bridgehead atoms. The van der Waals surface area contributed by atoms with Gasteiger partial charge in [0.15, 0.2) is 0 Å². The zero-order valence-electron chi connectivity index (χ0n) is 14.3. The van der Waals surface area contributed by atoms with Crippen molar-refractivity contribution in [2.24, 2.45) is 28.1 Å². The normalized spacial score (nSPS) is 48.8. The van der Waals surface area contributed by atoms with Gasteiger partial charge < -0.3 is 5.11 Å². The summed E-state index contributed by atoms with van der Waals surface area (Å²) in [6.07, 6.45) is 11.7. The van der Waals surface area contributed by atoms with Crippen LogP contribution in [0.3, 0.4) is 0 Å². The van der Waals surface area contributed by atoms with Crippen molar-refractivity contribution in [1.29, 1.82) is 0 Å². The Morgan fingerprint density at radius 1 is 1.14 bits per heavy atom. The highest BCUT2D eigenvalue weighted by molar-refractivity contribution is 5.26. The Bertz CT molecular complexity index is 474. The molecule has 2 fully saturated rings. The van der Waals surface area contributed by atoms with Gasteiger partial charge in [-0.05, 0) is 61.2 Å². The maximum Gasteiger partial charge on any atom is 0.0594 e. The molecule has 3 rings (SSSR count). The van der Waals surface area contributed by atoms with E-state index in [-0.39, 0.29) is 16.9 Å². The number of aliphatic hydroxyl groups is 1. The van der Waals surface area contributed by atoms with Crippen LogP contribution in [0.15, 0.2) is 24.3 Å². The minimum absolute atomic E-state index is 0.0672. The van der Waals surface area contributed by atoms with E-state index >= 15 is 0 Å². The zero-order valence-corrected chi connectivity index (χ0v) is 14.3. The summed E-state index contributed by atoms with van der Waals surface area (Å²) in [6.45, 7) is 13.5. The molecule has 1 nitrogen and oxygen atoms in total. The Morgan fingerprint density at radius 3 is 2.52 bits per heavy atom. The van der Waals surface area contributed by atoms with E-state index < -0.39 is 0 Å². The van der Waals surface area contributed by atoms with E-state index in [1.165, 1.54) is 32.1 Å². The van der Waals surface area contributed by atoms with Gasteiger partial charge in [-0.3, -0.25) is 0 Å². The van der Waals surface area contributed by atoms with Gasteiger partial charge in [0.2, 0.25) is 0 Å². The van der Waals surface area contributed by atoms with Crippen molar-refractivity contribution in [2.45, 2.75) is 72.3 Å². The SMILES string of the molecule is C=C[C@@]1(C)C=C2CC[C@H]3C(C)(C)C(O)CC[C@]3(C)[C@H]2CC1. The van der Waals surface area contributed by atoms with Crippen molar-refractivity contribution in [3.63, 3.8) is 0 Å². The average Bonchev–Trinajstić information content (AvgIpc) is 2.43. The molecule has 1 N–H and O–H groups in total. The highest BCUT2D eigenvalue weighted by Gasteiger charge is 2.56. The molecular formula is C20H32O. The van der Waals surface area contributed by atoms with E-state index in [2.05, 4.69) is 46.4 Å². The Balaban J connectivity index is 1.97. The van der Waals surface area contributed by atoms with Gasteiger partial charge in [0.1, 0.15) is 0 Å². The minimum Gasteiger partial charge on any atom is -0.393 e. The van der Waals surface area contributed by atoms with Gasteiger partial charge in [0.25, 0.3) is 0 Å². The number of fused-ring (bicyclic) bond motifs is 3. The molecule has 0 radical (unpaired) electrons. The summed E-state index contributed by atoms with van der Waals surface area (Å²) in [4.78, 5) is 0. The van der Waals surface area contributed by atoms with Crippen LogP contribution in [0.1, 0.15) is 66.2 Å². The molecule has 2 saturated carbocycles. The summed E-state index contributed by atoms with van der Waals surface area (Å²) in [5.74, 6) is 1.39. The smallest absolute Gasteiger partial charge is 0.0594 e. The highest BCUT2D eigenvalue weighted by Crippen LogP contribution is 2.63. The summed E-state index contributed by atoms with van der Waals surface area (Å²) < 4.78 is 0. The van der Waals surface area contributed by atoms with E-state index in [9.17, 15) is 5.11 Å². The first-order valence-corrected chi connectivity index (χ1v) is 8.76. The highest BCUT2D eigenvalue weighted by atomic mass is 16.3. The summed E-state index contributed by atoms with van der Waals surface area (Å²) in [7, 11) is 0. The van der Waals surface area contributed by atoms with Gasteiger partial charge in [-0.15, -0.1) is 6.58 Å². The molecule has 0 aliphatic heterocycles. The number of allylic oxidation sites excluding steroid dienone is 3. The fourth-order valence-electron chi connectivity index (χ4n) is 5.90. The van der Waals surface area contributed by atoms with Gasteiger partial charge in [-0.25, -0.2) is 0 Å². The molecule has 0 aromatic heterocycles. The van der Waals surface area contributed by atoms with Crippen LogP contribution in [0, 0.1) is 28.1 Å². The van der Waals surface area contributed by atoms with Crippen LogP contribution < -0.4 is 0 Å². The number of hydrogen-bond acceptors (Lipinski definition) is 1. The summed E-state index contributed by atoms with van der Waals surface area (Å²) in [5.41, 5.74) is 2.35. The Labute approximate surface area is 130 Å². The van der Waals surface area contributed by atoms with Crippen molar-refractivity contribution in [2.75, 3.05) is 0 Å². The largest absolute Gasteiger partial charge is 0.393 e. The number of hydrogen-bond donors (Lipinski definition) is 1. The lowest BCUT2D eigenvalue weighted by Gasteiger charge is -2.60. The first kappa shape index (κ1) is 15.3. The van der Waals surface area contributed by atoms with Crippen molar-refractivity contribution < 1.29 is 5.11 Å². The predicted octanol–water partition coefficient (Wildman–Crippen LogP) is 5.11. The van der Waals surface area contributed by atoms with E-state index in [4.69, 9.17) is 0 Å². The lowest BCUT2D eigenvalue weighted by Crippen LogP contribution is -2.55. The van der Waals surface area contributed by atoms with Crippen LogP contribution in [0.4, 0.5) is 0 Å². The summed E-state index contributed by atoms with van der Waals surface area (Å²) >= 11 is 0. The fraction of sp³-hybridized carbons (Fsp3) is 0.800. The molecule has 0 amide bonds. The third-order valence-electron chi connectivity index (χ3n) is 7.43. The molecule has 3 aliphatic carbocycles. The lowest BCUT2D eigenvalue weighted by atomic mass is 9.45. The molecule has 0 spiro atoms.